The molecule has 1 aliphatic heterocycles. The lowest BCUT2D eigenvalue weighted by atomic mass is 10.2. The van der Waals surface area contributed by atoms with Crippen LogP contribution in [0.2, 0.25) is 0 Å². The summed E-state index contributed by atoms with van der Waals surface area (Å²) in [7, 11) is 0. The maximum Gasteiger partial charge on any atom is 0.158 e. The van der Waals surface area contributed by atoms with E-state index in [0.29, 0.717) is 6.61 Å². The Morgan fingerprint density at radius 2 is 2.45 bits per heavy atom. The predicted molar refractivity (Wildman–Crippen MR) is 52.7 cm³/mol. The quantitative estimate of drug-likeness (QED) is 0.732. The van der Waals surface area contributed by atoms with Gasteiger partial charge in [-0.25, -0.2) is 0 Å². The summed E-state index contributed by atoms with van der Waals surface area (Å²) in [6.07, 6.45) is 3.45. The molecule has 0 saturated carbocycles. The number of hydrogen-bond acceptors (Lipinski definition) is 2. The van der Waals surface area contributed by atoms with Gasteiger partial charge in [-0.2, -0.15) is 0 Å². The summed E-state index contributed by atoms with van der Waals surface area (Å²) >= 11 is 2.16. The Bertz CT molecular complexity index is 130. The molecule has 1 rings (SSSR count). The van der Waals surface area contributed by atoms with Gasteiger partial charge in [-0.15, -0.1) is 0 Å². The molecule has 0 aromatic carbocycles. The Kier molecular flexibility index (Phi) is 4.40. The number of hydrogen-bond donors (Lipinski definition) is 0. The van der Waals surface area contributed by atoms with Gasteiger partial charge in [0.2, 0.25) is 0 Å². The SMILES string of the molecule is C=C(I)COC1CCCCO1. The van der Waals surface area contributed by atoms with Crippen LogP contribution in [0.15, 0.2) is 10.2 Å². The maximum absolute atomic E-state index is 5.42. The second kappa shape index (κ2) is 5.11. The lowest BCUT2D eigenvalue weighted by molar-refractivity contribution is -0.155. The summed E-state index contributed by atoms with van der Waals surface area (Å²) < 4.78 is 11.8. The van der Waals surface area contributed by atoms with Crippen molar-refractivity contribution in [3.8, 4) is 0 Å². The minimum atomic E-state index is 0.0234. The Morgan fingerprint density at radius 3 is 3.00 bits per heavy atom. The van der Waals surface area contributed by atoms with E-state index in [9.17, 15) is 0 Å². The van der Waals surface area contributed by atoms with Crippen LogP contribution in [0.4, 0.5) is 0 Å². The molecule has 0 aromatic rings. The summed E-state index contributed by atoms with van der Waals surface area (Å²) in [6.45, 7) is 5.21. The molecule has 0 N–H and O–H groups in total. The highest BCUT2D eigenvalue weighted by atomic mass is 127. The normalized spacial score (nSPS) is 25.0. The van der Waals surface area contributed by atoms with Crippen LogP contribution in [0.5, 0.6) is 0 Å². The lowest BCUT2D eigenvalue weighted by Crippen LogP contribution is -2.22. The van der Waals surface area contributed by atoms with Crippen molar-refractivity contribution >= 4 is 22.6 Å². The van der Waals surface area contributed by atoms with Crippen molar-refractivity contribution in [1.82, 2.24) is 0 Å². The molecule has 0 radical (unpaired) electrons. The maximum atomic E-state index is 5.42. The van der Waals surface area contributed by atoms with Crippen LogP contribution in [0.25, 0.3) is 0 Å². The van der Waals surface area contributed by atoms with E-state index in [0.717, 1.165) is 16.6 Å². The van der Waals surface area contributed by atoms with E-state index in [1.165, 1.54) is 12.8 Å². The zero-order valence-corrected chi connectivity index (χ0v) is 8.67. The summed E-state index contributed by atoms with van der Waals surface area (Å²) in [5.41, 5.74) is 0. The largest absolute Gasteiger partial charge is 0.353 e. The van der Waals surface area contributed by atoms with Crippen LogP contribution in [-0.4, -0.2) is 19.5 Å². The van der Waals surface area contributed by atoms with E-state index in [-0.39, 0.29) is 6.29 Å². The highest BCUT2D eigenvalue weighted by molar-refractivity contribution is 14.1. The second-order valence-electron chi connectivity index (χ2n) is 2.62. The van der Waals surface area contributed by atoms with Gasteiger partial charge in [0, 0.05) is 10.2 Å². The van der Waals surface area contributed by atoms with E-state index in [1.54, 1.807) is 0 Å². The van der Waals surface area contributed by atoms with E-state index in [2.05, 4.69) is 29.2 Å². The summed E-state index contributed by atoms with van der Waals surface area (Å²) in [5.74, 6) is 0. The molecule has 11 heavy (non-hydrogen) atoms. The Hall–Kier alpha value is 0.390. The van der Waals surface area contributed by atoms with Crippen molar-refractivity contribution in [2.45, 2.75) is 25.6 Å². The van der Waals surface area contributed by atoms with Crippen LogP contribution < -0.4 is 0 Å². The molecule has 1 atom stereocenters. The standard InChI is InChI=1S/C8H13IO2/c1-7(9)6-11-8-4-2-3-5-10-8/h8H,1-6H2. The monoisotopic (exact) mass is 268 g/mol. The van der Waals surface area contributed by atoms with Crippen molar-refractivity contribution in [3.63, 3.8) is 0 Å². The second-order valence-corrected chi connectivity index (χ2v) is 4.15. The van der Waals surface area contributed by atoms with E-state index >= 15 is 0 Å². The fraction of sp³-hybridized carbons (Fsp3) is 0.750. The van der Waals surface area contributed by atoms with Gasteiger partial charge in [0.25, 0.3) is 0 Å². The number of ether oxygens (including phenoxy) is 2. The van der Waals surface area contributed by atoms with Crippen molar-refractivity contribution in [1.29, 1.82) is 0 Å². The number of halogens is 1. The zero-order valence-electron chi connectivity index (χ0n) is 6.51. The third-order valence-electron chi connectivity index (χ3n) is 1.56. The average molecular weight is 268 g/mol. The first kappa shape index (κ1) is 9.48. The van der Waals surface area contributed by atoms with Crippen molar-refractivity contribution in [2.75, 3.05) is 13.2 Å². The molecule has 3 heteroatoms. The average Bonchev–Trinajstić information content (AvgIpc) is 2.03. The Balaban J connectivity index is 2.09. The smallest absolute Gasteiger partial charge is 0.158 e. The molecular weight excluding hydrogens is 255 g/mol. The van der Waals surface area contributed by atoms with Crippen LogP contribution >= 0.6 is 22.6 Å². The first-order chi connectivity index (χ1) is 5.29. The molecule has 0 bridgehead atoms. The Labute approximate surface area is 81.1 Å². The van der Waals surface area contributed by atoms with Crippen LogP contribution in [-0.2, 0) is 9.47 Å². The first-order valence-corrected chi connectivity index (χ1v) is 4.93. The first-order valence-electron chi connectivity index (χ1n) is 3.85. The molecule has 2 nitrogen and oxygen atoms in total. The summed E-state index contributed by atoms with van der Waals surface area (Å²) in [4.78, 5) is 0. The van der Waals surface area contributed by atoms with E-state index < -0.39 is 0 Å². The number of rotatable bonds is 3. The van der Waals surface area contributed by atoms with Gasteiger partial charge in [0.1, 0.15) is 0 Å². The molecular formula is C8H13IO2. The third-order valence-corrected chi connectivity index (χ3v) is 1.88. The molecule has 1 heterocycles. The Morgan fingerprint density at radius 1 is 1.64 bits per heavy atom. The third kappa shape index (κ3) is 4.08. The van der Waals surface area contributed by atoms with Crippen molar-refractivity contribution < 1.29 is 9.47 Å². The van der Waals surface area contributed by atoms with Gasteiger partial charge in [0.15, 0.2) is 6.29 Å². The topological polar surface area (TPSA) is 18.5 Å². The van der Waals surface area contributed by atoms with Gasteiger partial charge < -0.3 is 9.47 Å². The fourth-order valence-corrected chi connectivity index (χ4v) is 1.21. The molecule has 0 aliphatic carbocycles. The van der Waals surface area contributed by atoms with Gasteiger partial charge >= 0.3 is 0 Å². The fourth-order valence-electron chi connectivity index (χ4n) is 1.03. The molecule has 0 aromatic heterocycles. The van der Waals surface area contributed by atoms with Gasteiger partial charge in [-0.3, -0.25) is 0 Å². The van der Waals surface area contributed by atoms with Crippen LogP contribution in [0.3, 0.4) is 0 Å². The zero-order chi connectivity index (χ0) is 8.10. The molecule has 0 amide bonds. The van der Waals surface area contributed by atoms with Crippen molar-refractivity contribution in [3.05, 3.63) is 10.2 Å². The highest BCUT2D eigenvalue weighted by Crippen LogP contribution is 2.15. The predicted octanol–water partition coefficient (Wildman–Crippen LogP) is 2.48. The minimum Gasteiger partial charge on any atom is -0.353 e. The van der Waals surface area contributed by atoms with Gasteiger partial charge in [-0.1, -0.05) is 6.58 Å². The molecule has 1 unspecified atom stereocenters. The molecule has 0 spiro atoms. The summed E-state index contributed by atoms with van der Waals surface area (Å²) in [5, 5.41) is 0. The minimum absolute atomic E-state index is 0.0234. The molecule has 1 saturated heterocycles. The molecule has 64 valence electrons. The van der Waals surface area contributed by atoms with Crippen LogP contribution in [0.1, 0.15) is 19.3 Å². The highest BCUT2D eigenvalue weighted by Gasteiger charge is 2.13. The van der Waals surface area contributed by atoms with Crippen LogP contribution in [0, 0.1) is 0 Å². The lowest BCUT2D eigenvalue weighted by Gasteiger charge is -2.22. The molecule has 1 fully saturated rings. The van der Waals surface area contributed by atoms with Gasteiger partial charge in [-0.05, 0) is 41.9 Å². The molecule has 1 aliphatic rings. The van der Waals surface area contributed by atoms with E-state index in [1.807, 2.05) is 0 Å². The van der Waals surface area contributed by atoms with E-state index in [4.69, 9.17) is 9.47 Å². The van der Waals surface area contributed by atoms with Gasteiger partial charge in [0.05, 0.1) is 6.61 Å². The van der Waals surface area contributed by atoms with Crippen molar-refractivity contribution in [2.24, 2.45) is 0 Å². The summed E-state index contributed by atoms with van der Waals surface area (Å²) in [6, 6.07) is 0.